The number of hydrogen-bond acceptors (Lipinski definition) is 6. The summed E-state index contributed by atoms with van der Waals surface area (Å²) in [5.74, 6) is 0.143. The number of piperidine rings is 1. The number of imidazole rings is 1. The average Bonchev–Trinajstić information content (AvgIpc) is 3.34. The van der Waals surface area contributed by atoms with E-state index in [1.54, 1.807) is 11.3 Å². The number of amides is 1. The SMILES string of the molecule is CCOCCCNC(=O)[C@H]1CCCN(c2nn3cc(-c4ccc(C)cc4)nc3s2)C1. The molecule has 160 valence electrons. The second kappa shape index (κ2) is 9.57. The largest absolute Gasteiger partial charge is 0.382 e. The van der Waals surface area contributed by atoms with Crippen molar-refractivity contribution >= 4 is 27.3 Å². The number of aryl methyl sites for hydroxylation is 1. The van der Waals surface area contributed by atoms with Gasteiger partial charge in [0, 0.05) is 38.4 Å². The third-order valence-electron chi connectivity index (χ3n) is 5.41. The molecule has 1 N–H and O–H groups in total. The van der Waals surface area contributed by atoms with E-state index in [4.69, 9.17) is 14.8 Å². The minimum atomic E-state index is 0.00480. The molecular weight excluding hydrogens is 398 g/mol. The fourth-order valence-electron chi connectivity index (χ4n) is 3.72. The molecule has 1 fully saturated rings. The lowest BCUT2D eigenvalue weighted by Gasteiger charge is -2.31. The molecule has 1 atom stereocenters. The van der Waals surface area contributed by atoms with Crippen molar-refractivity contribution in [2.45, 2.75) is 33.1 Å². The van der Waals surface area contributed by atoms with Crippen LogP contribution in [-0.2, 0) is 9.53 Å². The molecule has 1 aliphatic heterocycles. The van der Waals surface area contributed by atoms with Crippen molar-refractivity contribution in [3.8, 4) is 11.3 Å². The van der Waals surface area contributed by atoms with E-state index < -0.39 is 0 Å². The number of nitrogens with zero attached hydrogens (tertiary/aromatic N) is 4. The molecule has 0 bridgehead atoms. The molecule has 0 saturated carbocycles. The highest BCUT2D eigenvalue weighted by molar-refractivity contribution is 7.20. The highest BCUT2D eigenvalue weighted by atomic mass is 32.1. The van der Waals surface area contributed by atoms with Gasteiger partial charge < -0.3 is 15.0 Å². The molecule has 1 aliphatic rings. The first-order valence-corrected chi connectivity index (χ1v) is 11.5. The Morgan fingerprint density at radius 1 is 1.33 bits per heavy atom. The molecule has 1 saturated heterocycles. The van der Waals surface area contributed by atoms with Crippen molar-refractivity contribution in [2.75, 3.05) is 37.7 Å². The Labute approximate surface area is 181 Å². The second-order valence-corrected chi connectivity index (χ2v) is 8.67. The maximum absolute atomic E-state index is 12.5. The van der Waals surface area contributed by atoms with E-state index in [-0.39, 0.29) is 11.8 Å². The lowest BCUT2D eigenvalue weighted by atomic mass is 9.97. The van der Waals surface area contributed by atoms with Gasteiger partial charge in [-0.3, -0.25) is 4.79 Å². The van der Waals surface area contributed by atoms with Gasteiger partial charge in [-0.15, -0.1) is 5.10 Å². The topological polar surface area (TPSA) is 71.8 Å². The summed E-state index contributed by atoms with van der Waals surface area (Å²) in [5.41, 5.74) is 3.26. The third-order valence-corrected chi connectivity index (χ3v) is 6.39. The van der Waals surface area contributed by atoms with E-state index in [1.807, 2.05) is 17.6 Å². The van der Waals surface area contributed by atoms with Crippen molar-refractivity contribution in [3.63, 3.8) is 0 Å². The van der Waals surface area contributed by atoms with Crippen LogP contribution >= 0.6 is 11.3 Å². The van der Waals surface area contributed by atoms with Gasteiger partial charge in [-0.2, -0.15) is 0 Å². The number of ether oxygens (including phenoxy) is 1. The van der Waals surface area contributed by atoms with Crippen molar-refractivity contribution in [1.29, 1.82) is 0 Å². The molecular formula is C22H29N5O2S. The molecule has 30 heavy (non-hydrogen) atoms. The van der Waals surface area contributed by atoms with E-state index in [9.17, 15) is 4.79 Å². The van der Waals surface area contributed by atoms with E-state index in [0.717, 1.165) is 53.8 Å². The third kappa shape index (κ3) is 4.82. The highest BCUT2D eigenvalue weighted by Gasteiger charge is 2.27. The summed E-state index contributed by atoms with van der Waals surface area (Å²) in [5, 5.41) is 8.73. The fraction of sp³-hybridized carbons (Fsp3) is 0.500. The fourth-order valence-corrected chi connectivity index (χ4v) is 4.64. The standard InChI is InChI=1S/C22H29N5O2S/c1-3-29-13-5-11-23-20(28)18-6-4-12-26(14-18)22-25-27-15-19(24-21(27)30-22)17-9-7-16(2)8-10-17/h7-10,15,18H,3-6,11-14H2,1-2H3,(H,23,28)/t18-/m0/s1. The van der Waals surface area contributed by atoms with Gasteiger partial charge >= 0.3 is 0 Å². The number of carbonyl (C=O) groups is 1. The first kappa shape index (κ1) is 20.8. The number of fused-ring (bicyclic) bond motifs is 1. The van der Waals surface area contributed by atoms with E-state index >= 15 is 0 Å². The van der Waals surface area contributed by atoms with Gasteiger partial charge in [0.25, 0.3) is 0 Å². The van der Waals surface area contributed by atoms with Crippen molar-refractivity contribution in [3.05, 3.63) is 36.0 Å². The smallest absolute Gasteiger partial charge is 0.224 e. The number of nitrogens with one attached hydrogen (secondary N) is 1. The van der Waals surface area contributed by atoms with Crippen LogP contribution in [0.4, 0.5) is 5.13 Å². The molecule has 7 nitrogen and oxygen atoms in total. The quantitative estimate of drug-likeness (QED) is 0.557. The lowest BCUT2D eigenvalue weighted by Crippen LogP contribution is -2.43. The number of hydrogen-bond donors (Lipinski definition) is 1. The van der Waals surface area contributed by atoms with Crippen LogP contribution in [-0.4, -0.2) is 53.4 Å². The Kier molecular flexibility index (Phi) is 6.64. The van der Waals surface area contributed by atoms with Gasteiger partial charge in [0.05, 0.1) is 17.8 Å². The van der Waals surface area contributed by atoms with Gasteiger partial charge in [-0.25, -0.2) is 9.50 Å². The number of anilines is 1. The number of carbonyl (C=O) groups excluding carboxylic acids is 1. The number of aromatic nitrogens is 3. The first-order valence-electron chi connectivity index (χ1n) is 10.7. The Morgan fingerprint density at radius 2 is 2.17 bits per heavy atom. The van der Waals surface area contributed by atoms with Gasteiger partial charge in [-0.05, 0) is 33.1 Å². The van der Waals surface area contributed by atoms with Crippen molar-refractivity contribution < 1.29 is 9.53 Å². The van der Waals surface area contributed by atoms with Crippen LogP contribution in [0.5, 0.6) is 0 Å². The molecule has 0 spiro atoms. The van der Waals surface area contributed by atoms with Crippen LogP contribution in [0.3, 0.4) is 0 Å². The minimum Gasteiger partial charge on any atom is -0.382 e. The molecule has 1 amide bonds. The summed E-state index contributed by atoms with van der Waals surface area (Å²) in [4.78, 5) is 20.4. The van der Waals surface area contributed by atoms with Crippen LogP contribution in [0.15, 0.2) is 30.5 Å². The molecule has 3 heterocycles. The zero-order valence-electron chi connectivity index (χ0n) is 17.6. The summed E-state index contributed by atoms with van der Waals surface area (Å²) in [6.07, 6.45) is 4.75. The summed E-state index contributed by atoms with van der Waals surface area (Å²) < 4.78 is 7.18. The molecule has 0 radical (unpaired) electrons. The maximum atomic E-state index is 12.5. The lowest BCUT2D eigenvalue weighted by molar-refractivity contribution is -0.125. The van der Waals surface area contributed by atoms with E-state index in [2.05, 4.69) is 41.4 Å². The van der Waals surface area contributed by atoms with Gasteiger partial charge in [0.15, 0.2) is 0 Å². The Bertz CT molecular complexity index is 950. The Balaban J connectivity index is 1.38. The predicted octanol–water partition coefficient (Wildman–Crippen LogP) is 3.53. The maximum Gasteiger partial charge on any atom is 0.224 e. The molecule has 0 unspecified atom stereocenters. The zero-order valence-corrected chi connectivity index (χ0v) is 18.5. The van der Waals surface area contributed by atoms with E-state index in [1.165, 1.54) is 5.56 Å². The first-order chi connectivity index (χ1) is 14.6. The van der Waals surface area contributed by atoms with Gasteiger partial charge in [0.1, 0.15) is 0 Å². The normalized spacial score (nSPS) is 16.9. The molecule has 8 heteroatoms. The van der Waals surface area contributed by atoms with Gasteiger partial charge in [-0.1, -0.05) is 41.2 Å². The molecule has 2 aromatic heterocycles. The van der Waals surface area contributed by atoms with Gasteiger partial charge in [0.2, 0.25) is 16.0 Å². The van der Waals surface area contributed by atoms with Crippen LogP contribution in [0.25, 0.3) is 16.2 Å². The minimum absolute atomic E-state index is 0.00480. The van der Waals surface area contributed by atoms with Crippen LogP contribution < -0.4 is 10.2 Å². The molecule has 4 rings (SSSR count). The van der Waals surface area contributed by atoms with Crippen molar-refractivity contribution in [1.82, 2.24) is 19.9 Å². The summed E-state index contributed by atoms with van der Waals surface area (Å²) in [6, 6.07) is 8.37. The van der Waals surface area contributed by atoms with Crippen LogP contribution in [0.1, 0.15) is 31.7 Å². The Morgan fingerprint density at radius 3 is 2.93 bits per heavy atom. The highest BCUT2D eigenvalue weighted by Crippen LogP contribution is 2.29. The summed E-state index contributed by atoms with van der Waals surface area (Å²) in [6.45, 7) is 7.77. The monoisotopic (exact) mass is 427 g/mol. The van der Waals surface area contributed by atoms with E-state index in [0.29, 0.717) is 19.7 Å². The Hall–Kier alpha value is -2.45. The second-order valence-electron chi connectivity index (χ2n) is 7.73. The zero-order chi connectivity index (χ0) is 20.9. The predicted molar refractivity (Wildman–Crippen MR) is 120 cm³/mol. The average molecular weight is 428 g/mol. The van der Waals surface area contributed by atoms with Crippen LogP contribution in [0.2, 0.25) is 0 Å². The molecule has 1 aromatic carbocycles. The summed E-state index contributed by atoms with van der Waals surface area (Å²) in [7, 11) is 0. The molecule has 3 aromatic rings. The van der Waals surface area contributed by atoms with Crippen molar-refractivity contribution in [2.24, 2.45) is 5.92 Å². The summed E-state index contributed by atoms with van der Waals surface area (Å²) >= 11 is 1.58. The number of rotatable bonds is 8. The number of benzene rings is 1. The molecule has 0 aliphatic carbocycles. The van der Waals surface area contributed by atoms with Crippen LogP contribution in [0, 0.1) is 12.8 Å².